The number of hydrogen-bond donors (Lipinski definition) is 1. The third-order valence-electron chi connectivity index (χ3n) is 4.50. The predicted octanol–water partition coefficient (Wildman–Crippen LogP) is 1.44. The summed E-state index contributed by atoms with van der Waals surface area (Å²) in [5.74, 6) is 1.59. The van der Waals surface area contributed by atoms with Gasteiger partial charge in [0.15, 0.2) is 17.3 Å². The van der Waals surface area contributed by atoms with E-state index in [0.29, 0.717) is 43.4 Å². The Bertz CT molecular complexity index is 747. The second-order valence-corrected chi connectivity index (χ2v) is 6.12. The lowest BCUT2D eigenvalue weighted by Crippen LogP contribution is -2.55. The van der Waals surface area contributed by atoms with E-state index in [1.165, 1.54) is 0 Å². The average molecular weight is 341 g/mol. The standard InChI is InChI=1S/C18H19N3O4/c22-16(15-12-24-13-4-1-2-5-14(13)25-15)21-18(6-10-23-11-7-18)17-19-8-3-9-20-17/h1-5,8-9,15H,6-7,10-12H2,(H,21,22). The number of nitrogens with one attached hydrogen (secondary N) is 1. The molecule has 0 radical (unpaired) electrons. The number of benzene rings is 1. The summed E-state index contributed by atoms with van der Waals surface area (Å²) >= 11 is 0. The van der Waals surface area contributed by atoms with Crippen LogP contribution in [-0.2, 0) is 15.1 Å². The van der Waals surface area contributed by atoms with E-state index in [1.807, 2.05) is 18.2 Å². The van der Waals surface area contributed by atoms with Crippen LogP contribution in [0.5, 0.6) is 11.5 Å². The molecule has 1 aromatic heterocycles. The number of para-hydroxylation sites is 2. The average Bonchev–Trinajstić information content (AvgIpc) is 2.69. The third kappa shape index (κ3) is 3.15. The van der Waals surface area contributed by atoms with Gasteiger partial charge in [-0.2, -0.15) is 0 Å². The van der Waals surface area contributed by atoms with E-state index in [2.05, 4.69) is 15.3 Å². The van der Waals surface area contributed by atoms with Crippen molar-refractivity contribution in [1.82, 2.24) is 15.3 Å². The molecule has 7 heteroatoms. The molecule has 1 amide bonds. The number of fused-ring (bicyclic) bond motifs is 1. The van der Waals surface area contributed by atoms with Gasteiger partial charge in [0.05, 0.1) is 0 Å². The molecule has 1 N–H and O–H groups in total. The van der Waals surface area contributed by atoms with Crippen molar-refractivity contribution in [1.29, 1.82) is 0 Å². The van der Waals surface area contributed by atoms with Crippen LogP contribution in [0.1, 0.15) is 18.7 Å². The molecule has 1 fully saturated rings. The van der Waals surface area contributed by atoms with E-state index in [4.69, 9.17) is 14.2 Å². The summed E-state index contributed by atoms with van der Waals surface area (Å²) in [5.41, 5.74) is -0.642. The minimum absolute atomic E-state index is 0.172. The number of carbonyl (C=O) groups excluding carboxylic acids is 1. The van der Waals surface area contributed by atoms with Crippen molar-refractivity contribution < 1.29 is 19.0 Å². The van der Waals surface area contributed by atoms with Crippen LogP contribution in [0.15, 0.2) is 42.7 Å². The summed E-state index contributed by atoms with van der Waals surface area (Å²) < 4.78 is 16.9. The predicted molar refractivity (Wildman–Crippen MR) is 88.3 cm³/mol. The first-order chi connectivity index (χ1) is 12.3. The number of rotatable bonds is 3. The molecule has 130 valence electrons. The van der Waals surface area contributed by atoms with E-state index < -0.39 is 11.6 Å². The normalized spacial score (nSPS) is 21.4. The molecule has 1 atom stereocenters. The summed E-state index contributed by atoms with van der Waals surface area (Å²) in [5, 5.41) is 3.10. The first-order valence-electron chi connectivity index (χ1n) is 8.33. The molecule has 3 heterocycles. The van der Waals surface area contributed by atoms with E-state index in [0.717, 1.165) is 0 Å². The van der Waals surface area contributed by atoms with Gasteiger partial charge in [0.1, 0.15) is 12.1 Å². The molecule has 2 aliphatic heterocycles. The highest BCUT2D eigenvalue weighted by Gasteiger charge is 2.41. The number of ether oxygens (including phenoxy) is 3. The molecule has 7 nitrogen and oxygen atoms in total. The number of amides is 1. The van der Waals surface area contributed by atoms with Gasteiger partial charge in [-0.3, -0.25) is 4.79 Å². The van der Waals surface area contributed by atoms with Crippen LogP contribution in [0.3, 0.4) is 0 Å². The zero-order valence-corrected chi connectivity index (χ0v) is 13.7. The number of carbonyl (C=O) groups is 1. The quantitative estimate of drug-likeness (QED) is 0.910. The fourth-order valence-corrected chi connectivity index (χ4v) is 3.14. The zero-order valence-electron chi connectivity index (χ0n) is 13.7. The Balaban J connectivity index is 1.54. The van der Waals surface area contributed by atoms with Crippen molar-refractivity contribution in [2.75, 3.05) is 19.8 Å². The number of aromatic nitrogens is 2. The Labute approximate surface area is 145 Å². The first kappa shape index (κ1) is 15.8. The van der Waals surface area contributed by atoms with Gasteiger partial charge in [0.25, 0.3) is 5.91 Å². The Kier molecular flexibility index (Phi) is 4.23. The Morgan fingerprint density at radius 1 is 1.08 bits per heavy atom. The molecule has 0 bridgehead atoms. The SMILES string of the molecule is O=C(NC1(c2ncccn2)CCOCC1)C1COc2ccccc2O1. The third-order valence-corrected chi connectivity index (χ3v) is 4.50. The molecule has 4 rings (SSSR count). The fraction of sp³-hybridized carbons (Fsp3) is 0.389. The highest BCUT2D eigenvalue weighted by atomic mass is 16.6. The monoisotopic (exact) mass is 341 g/mol. The summed E-state index contributed by atoms with van der Waals surface area (Å²) in [7, 11) is 0. The highest BCUT2D eigenvalue weighted by molar-refractivity contribution is 5.82. The van der Waals surface area contributed by atoms with Gasteiger partial charge in [-0.05, 0) is 18.2 Å². The first-order valence-corrected chi connectivity index (χ1v) is 8.33. The van der Waals surface area contributed by atoms with Crippen LogP contribution in [0.4, 0.5) is 0 Å². The van der Waals surface area contributed by atoms with Gasteiger partial charge in [-0.15, -0.1) is 0 Å². The van der Waals surface area contributed by atoms with Crippen LogP contribution in [-0.4, -0.2) is 41.8 Å². The second-order valence-electron chi connectivity index (χ2n) is 6.12. The molecular formula is C18H19N3O4. The maximum absolute atomic E-state index is 12.8. The second kappa shape index (κ2) is 6.68. The molecule has 2 aromatic rings. The van der Waals surface area contributed by atoms with Crippen molar-refractivity contribution in [3.63, 3.8) is 0 Å². The van der Waals surface area contributed by atoms with Gasteiger partial charge in [0, 0.05) is 38.4 Å². The van der Waals surface area contributed by atoms with Gasteiger partial charge < -0.3 is 19.5 Å². The largest absolute Gasteiger partial charge is 0.485 e. The van der Waals surface area contributed by atoms with Gasteiger partial charge in [0.2, 0.25) is 6.10 Å². The molecule has 2 aliphatic rings. The van der Waals surface area contributed by atoms with Crippen LogP contribution < -0.4 is 14.8 Å². The molecule has 25 heavy (non-hydrogen) atoms. The molecule has 1 saturated heterocycles. The lowest BCUT2D eigenvalue weighted by atomic mass is 9.88. The van der Waals surface area contributed by atoms with E-state index in [-0.39, 0.29) is 12.5 Å². The summed E-state index contributed by atoms with van der Waals surface area (Å²) in [6.07, 6.45) is 3.89. The van der Waals surface area contributed by atoms with Gasteiger partial charge >= 0.3 is 0 Å². The van der Waals surface area contributed by atoms with Crippen LogP contribution in [0.25, 0.3) is 0 Å². The lowest BCUT2D eigenvalue weighted by Gasteiger charge is -2.37. The minimum Gasteiger partial charge on any atom is -0.485 e. The summed E-state index contributed by atoms with van der Waals surface area (Å²) in [6, 6.07) is 9.08. The van der Waals surface area contributed by atoms with E-state index in [9.17, 15) is 4.79 Å². The molecule has 0 aliphatic carbocycles. The lowest BCUT2D eigenvalue weighted by molar-refractivity contribution is -0.134. The zero-order chi connectivity index (χ0) is 17.1. The maximum atomic E-state index is 12.8. The van der Waals surface area contributed by atoms with Crippen LogP contribution in [0, 0.1) is 0 Å². The van der Waals surface area contributed by atoms with Crippen LogP contribution >= 0.6 is 0 Å². The molecule has 1 aromatic carbocycles. The van der Waals surface area contributed by atoms with Crippen molar-refractivity contribution >= 4 is 5.91 Å². The Hall–Kier alpha value is -2.67. The molecular weight excluding hydrogens is 322 g/mol. The Morgan fingerprint density at radius 3 is 2.56 bits per heavy atom. The Morgan fingerprint density at radius 2 is 1.80 bits per heavy atom. The van der Waals surface area contributed by atoms with Crippen molar-refractivity contribution in [3.05, 3.63) is 48.5 Å². The van der Waals surface area contributed by atoms with E-state index in [1.54, 1.807) is 24.5 Å². The minimum atomic E-state index is -0.710. The van der Waals surface area contributed by atoms with E-state index >= 15 is 0 Å². The van der Waals surface area contributed by atoms with Gasteiger partial charge in [-0.1, -0.05) is 12.1 Å². The summed E-state index contributed by atoms with van der Waals surface area (Å²) in [6.45, 7) is 1.26. The maximum Gasteiger partial charge on any atom is 0.265 e. The topological polar surface area (TPSA) is 82.6 Å². The fourth-order valence-electron chi connectivity index (χ4n) is 3.14. The summed E-state index contributed by atoms with van der Waals surface area (Å²) in [4.78, 5) is 21.6. The number of nitrogens with zero attached hydrogens (tertiary/aromatic N) is 2. The molecule has 1 unspecified atom stereocenters. The number of hydrogen-bond acceptors (Lipinski definition) is 6. The molecule has 0 spiro atoms. The van der Waals surface area contributed by atoms with Crippen LogP contribution in [0.2, 0.25) is 0 Å². The highest BCUT2D eigenvalue weighted by Crippen LogP contribution is 2.33. The van der Waals surface area contributed by atoms with Crippen molar-refractivity contribution in [2.24, 2.45) is 0 Å². The van der Waals surface area contributed by atoms with Crippen molar-refractivity contribution in [3.8, 4) is 11.5 Å². The van der Waals surface area contributed by atoms with Gasteiger partial charge in [-0.25, -0.2) is 9.97 Å². The van der Waals surface area contributed by atoms with Crippen molar-refractivity contribution in [2.45, 2.75) is 24.5 Å². The molecule has 0 saturated carbocycles. The smallest absolute Gasteiger partial charge is 0.265 e.